The number of amides is 1. The Balaban J connectivity index is 1.48. The quantitative estimate of drug-likeness (QED) is 0.436. The number of nitrogens with one attached hydrogen (secondary N) is 1. The maximum Gasteiger partial charge on any atom is 0.337 e. The van der Waals surface area contributed by atoms with Gasteiger partial charge in [-0.2, -0.15) is 0 Å². The van der Waals surface area contributed by atoms with Gasteiger partial charge in [0.1, 0.15) is 5.75 Å². The molecule has 0 unspecified atom stereocenters. The van der Waals surface area contributed by atoms with Crippen LogP contribution >= 0.6 is 0 Å². The van der Waals surface area contributed by atoms with Crippen LogP contribution in [0.15, 0.2) is 72.8 Å². The maximum absolute atomic E-state index is 13.1. The van der Waals surface area contributed by atoms with Gasteiger partial charge in [-0.1, -0.05) is 37.3 Å². The predicted molar refractivity (Wildman–Crippen MR) is 142 cm³/mol. The number of anilines is 2. The molecule has 0 saturated carbocycles. The summed E-state index contributed by atoms with van der Waals surface area (Å²) in [6.45, 7) is 7.03. The van der Waals surface area contributed by atoms with Gasteiger partial charge >= 0.3 is 5.97 Å². The minimum Gasteiger partial charge on any atom is -0.494 e. The van der Waals surface area contributed by atoms with Gasteiger partial charge in [0.25, 0.3) is 5.91 Å². The first-order chi connectivity index (χ1) is 17.6. The van der Waals surface area contributed by atoms with Crippen LogP contribution < -0.4 is 15.0 Å². The number of methoxy groups -OCH3 is 1. The summed E-state index contributed by atoms with van der Waals surface area (Å²) in [6, 6.07) is 22.8. The molecule has 0 aromatic heterocycles. The molecule has 7 nitrogen and oxygen atoms in total. The van der Waals surface area contributed by atoms with E-state index in [1.807, 2.05) is 19.1 Å². The number of carbonyl (C=O) groups is 2. The fourth-order valence-electron chi connectivity index (χ4n) is 4.26. The summed E-state index contributed by atoms with van der Waals surface area (Å²) in [7, 11) is 1.35. The number of nitrogens with zero attached hydrogens (tertiary/aromatic N) is 2. The molecule has 1 fully saturated rings. The molecule has 0 aliphatic carbocycles. The summed E-state index contributed by atoms with van der Waals surface area (Å²) in [4.78, 5) is 29.9. The Morgan fingerprint density at radius 2 is 1.58 bits per heavy atom. The molecule has 1 saturated heterocycles. The van der Waals surface area contributed by atoms with E-state index in [4.69, 9.17) is 9.47 Å². The standard InChI is InChI=1S/C29H33N3O4/c1-3-19-36-25-12-9-23(10-13-25)28(33)30-26-20-24(29(34)35-2)11-14-27(26)32-17-15-31(16-18-32)21-22-7-5-4-6-8-22/h4-14,20H,3,15-19,21H2,1-2H3,(H,30,33). The van der Waals surface area contributed by atoms with Gasteiger partial charge in [-0.05, 0) is 54.4 Å². The van der Waals surface area contributed by atoms with Gasteiger partial charge in [-0.25, -0.2) is 4.79 Å². The van der Waals surface area contributed by atoms with Crippen molar-refractivity contribution in [2.45, 2.75) is 19.9 Å². The highest BCUT2D eigenvalue weighted by molar-refractivity contribution is 6.07. The molecule has 188 valence electrons. The number of hydrogen-bond acceptors (Lipinski definition) is 6. The third-order valence-corrected chi connectivity index (χ3v) is 6.22. The van der Waals surface area contributed by atoms with E-state index >= 15 is 0 Å². The zero-order chi connectivity index (χ0) is 25.3. The van der Waals surface area contributed by atoms with Crippen molar-refractivity contribution in [2.24, 2.45) is 0 Å². The second-order valence-electron chi connectivity index (χ2n) is 8.80. The zero-order valence-electron chi connectivity index (χ0n) is 20.9. The molecule has 0 spiro atoms. The van der Waals surface area contributed by atoms with Crippen LogP contribution in [0.4, 0.5) is 11.4 Å². The van der Waals surface area contributed by atoms with E-state index in [9.17, 15) is 9.59 Å². The number of esters is 1. The molecule has 4 rings (SSSR count). The molecular weight excluding hydrogens is 454 g/mol. The molecule has 3 aromatic carbocycles. The predicted octanol–water partition coefficient (Wildman–Crippen LogP) is 4.84. The number of ether oxygens (including phenoxy) is 2. The number of carbonyl (C=O) groups excluding carboxylic acids is 2. The van der Waals surface area contributed by atoms with Gasteiger partial charge in [0, 0.05) is 38.3 Å². The number of rotatable bonds is 9. The lowest BCUT2D eigenvalue weighted by Crippen LogP contribution is -2.46. The highest BCUT2D eigenvalue weighted by Gasteiger charge is 2.22. The molecule has 7 heteroatoms. The van der Waals surface area contributed by atoms with Gasteiger partial charge < -0.3 is 19.7 Å². The van der Waals surface area contributed by atoms with Crippen molar-refractivity contribution >= 4 is 23.3 Å². The molecule has 1 heterocycles. The molecule has 0 bridgehead atoms. The first-order valence-corrected chi connectivity index (χ1v) is 12.3. The molecule has 1 aliphatic rings. The average molecular weight is 488 g/mol. The second-order valence-corrected chi connectivity index (χ2v) is 8.80. The van der Waals surface area contributed by atoms with Crippen molar-refractivity contribution in [3.63, 3.8) is 0 Å². The van der Waals surface area contributed by atoms with E-state index in [1.165, 1.54) is 12.7 Å². The largest absolute Gasteiger partial charge is 0.494 e. The van der Waals surface area contributed by atoms with E-state index in [0.29, 0.717) is 23.4 Å². The lowest BCUT2D eigenvalue weighted by atomic mass is 10.1. The molecule has 1 N–H and O–H groups in total. The van der Waals surface area contributed by atoms with Crippen molar-refractivity contribution < 1.29 is 19.1 Å². The second kappa shape index (κ2) is 12.2. The summed E-state index contributed by atoms with van der Waals surface area (Å²) in [6.07, 6.45) is 0.919. The Morgan fingerprint density at radius 1 is 0.889 bits per heavy atom. The van der Waals surface area contributed by atoms with Crippen LogP contribution in [0, 0.1) is 0 Å². The van der Waals surface area contributed by atoms with Gasteiger partial charge in [0.05, 0.1) is 30.7 Å². The molecule has 1 aliphatic heterocycles. The average Bonchev–Trinajstić information content (AvgIpc) is 2.93. The van der Waals surface area contributed by atoms with Crippen LogP contribution in [-0.2, 0) is 11.3 Å². The molecular formula is C29H33N3O4. The normalized spacial score (nSPS) is 13.8. The Morgan fingerprint density at radius 3 is 2.25 bits per heavy atom. The third kappa shape index (κ3) is 6.43. The lowest BCUT2D eigenvalue weighted by Gasteiger charge is -2.37. The Kier molecular flexibility index (Phi) is 8.57. The van der Waals surface area contributed by atoms with E-state index in [2.05, 4.69) is 39.4 Å². The van der Waals surface area contributed by atoms with Crippen LogP contribution in [0.5, 0.6) is 5.75 Å². The van der Waals surface area contributed by atoms with Gasteiger partial charge in [-0.15, -0.1) is 0 Å². The van der Waals surface area contributed by atoms with Gasteiger partial charge in [0.15, 0.2) is 0 Å². The molecule has 1 amide bonds. The smallest absolute Gasteiger partial charge is 0.337 e. The Bertz CT molecular complexity index is 1160. The Hall–Kier alpha value is -3.84. The van der Waals surface area contributed by atoms with Crippen molar-refractivity contribution in [3.8, 4) is 5.75 Å². The van der Waals surface area contributed by atoms with Crippen LogP contribution in [0.3, 0.4) is 0 Å². The summed E-state index contributed by atoms with van der Waals surface area (Å²) in [5.41, 5.74) is 3.68. The van der Waals surface area contributed by atoms with Crippen molar-refractivity contribution in [1.82, 2.24) is 4.90 Å². The SMILES string of the molecule is CCCOc1ccc(C(=O)Nc2cc(C(=O)OC)ccc2N2CCN(Cc3ccccc3)CC2)cc1. The summed E-state index contributed by atoms with van der Waals surface area (Å²) in [5, 5.41) is 3.01. The van der Waals surface area contributed by atoms with E-state index in [-0.39, 0.29) is 5.91 Å². The molecule has 0 radical (unpaired) electrons. The third-order valence-electron chi connectivity index (χ3n) is 6.22. The monoisotopic (exact) mass is 487 g/mol. The highest BCUT2D eigenvalue weighted by Crippen LogP contribution is 2.29. The first-order valence-electron chi connectivity index (χ1n) is 12.3. The number of hydrogen-bond donors (Lipinski definition) is 1. The van der Waals surface area contributed by atoms with Gasteiger partial charge in [-0.3, -0.25) is 9.69 Å². The van der Waals surface area contributed by atoms with Crippen molar-refractivity contribution in [1.29, 1.82) is 0 Å². The van der Waals surface area contributed by atoms with Crippen LogP contribution in [0.25, 0.3) is 0 Å². The maximum atomic E-state index is 13.1. The zero-order valence-corrected chi connectivity index (χ0v) is 20.9. The van der Waals surface area contributed by atoms with Crippen LogP contribution in [-0.4, -0.2) is 56.7 Å². The highest BCUT2D eigenvalue weighted by atomic mass is 16.5. The minimum absolute atomic E-state index is 0.247. The topological polar surface area (TPSA) is 71.1 Å². The number of piperazine rings is 1. The molecule has 36 heavy (non-hydrogen) atoms. The van der Waals surface area contributed by atoms with Crippen molar-refractivity contribution in [2.75, 3.05) is 50.1 Å². The minimum atomic E-state index is -0.442. The lowest BCUT2D eigenvalue weighted by molar-refractivity contribution is 0.0600. The molecule has 3 aromatic rings. The fourth-order valence-corrected chi connectivity index (χ4v) is 4.26. The van der Waals surface area contributed by atoms with E-state index < -0.39 is 5.97 Å². The van der Waals surface area contributed by atoms with Crippen LogP contribution in [0.2, 0.25) is 0 Å². The summed E-state index contributed by atoms with van der Waals surface area (Å²) >= 11 is 0. The van der Waals surface area contributed by atoms with Crippen LogP contribution in [0.1, 0.15) is 39.6 Å². The van der Waals surface area contributed by atoms with Crippen molar-refractivity contribution in [3.05, 3.63) is 89.5 Å². The van der Waals surface area contributed by atoms with E-state index in [0.717, 1.165) is 50.6 Å². The Labute approximate surface area is 212 Å². The first kappa shape index (κ1) is 25.3. The summed E-state index contributed by atoms with van der Waals surface area (Å²) in [5.74, 6) is 0.0420. The van der Waals surface area contributed by atoms with E-state index in [1.54, 1.807) is 36.4 Å². The summed E-state index contributed by atoms with van der Waals surface area (Å²) < 4.78 is 10.5. The number of benzene rings is 3. The fraction of sp³-hybridized carbons (Fsp3) is 0.310. The molecule has 0 atom stereocenters. The van der Waals surface area contributed by atoms with Gasteiger partial charge in [0.2, 0.25) is 0 Å².